The van der Waals surface area contributed by atoms with Gasteiger partial charge >= 0.3 is 0 Å². The van der Waals surface area contributed by atoms with Crippen LogP contribution in [0, 0.1) is 16.7 Å². The average Bonchev–Trinajstić information content (AvgIpc) is 2.49. The Morgan fingerprint density at radius 1 is 1.15 bits per heavy atom. The second-order valence-corrected chi connectivity index (χ2v) is 7.24. The largest absolute Gasteiger partial charge is 0.192 e. The molecule has 20 heavy (non-hydrogen) atoms. The van der Waals surface area contributed by atoms with Gasteiger partial charge in [0.15, 0.2) is 0 Å². The van der Waals surface area contributed by atoms with Crippen LogP contribution in [0.15, 0.2) is 18.2 Å². The fourth-order valence-electron chi connectivity index (χ4n) is 4.54. The van der Waals surface area contributed by atoms with Crippen LogP contribution in [0.2, 0.25) is 5.02 Å². The van der Waals surface area contributed by atoms with Crippen molar-refractivity contribution in [3.05, 3.63) is 34.3 Å². The van der Waals surface area contributed by atoms with Crippen molar-refractivity contribution >= 4 is 11.6 Å². The Hall–Kier alpha value is -1.00. The van der Waals surface area contributed by atoms with Crippen LogP contribution in [0.3, 0.4) is 0 Å². The van der Waals surface area contributed by atoms with Gasteiger partial charge in [0.1, 0.15) is 6.07 Å². The number of rotatable bonds is 3. The van der Waals surface area contributed by atoms with E-state index in [4.69, 9.17) is 16.9 Å². The van der Waals surface area contributed by atoms with Crippen molar-refractivity contribution in [2.24, 2.45) is 5.41 Å². The first-order chi connectivity index (χ1) is 9.63. The lowest BCUT2D eigenvalue weighted by atomic mass is 9.51. The molecule has 0 radical (unpaired) electrons. The van der Waals surface area contributed by atoms with Crippen LogP contribution in [0.1, 0.15) is 69.4 Å². The number of halogens is 1. The highest BCUT2D eigenvalue weighted by Gasteiger charge is 2.48. The van der Waals surface area contributed by atoms with E-state index in [9.17, 15) is 0 Å². The van der Waals surface area contributed by atoms with Gasteiger partial charge in [-0.05, 0) is 73.5 Å². The van der Waals surface area contributed by atoms with Crippen molar-refractivity contribution in [1.29, 1.82) is 5.26 Å². The van der Waals surface area contributed by atoms with E-state index in [1.807, 2.05) is 6.07 Å². The van der Waals surface area contributed by atoms with E-state index >= 15 is 0 Å². The molecule has 3 aliphatic carbocycles. The summed E-state index contributed by atoms with van der Waals surface area (Å²) in [5.41, 5.74) is 2.95. The third kappa shape index (κ3) is 2.15. The molecule has 0 atom stereocenters. The van der Waals surface area contributed by atoms with E-state index in [1.54, 1.807) is 0 Å². The number of nitrogens with zero attached hydrogens (tertiary/aromatic N) is 1. The summed E-state index contributed by atoms with van der Waals surface area (Å²) in [5.74, 6) is 0. The van der Waals surface area contributed by atoms with Crippen LogP contribution >= 0.6 is 11.6 Å². The molecule has 2 heteroatoms. The van der Waals surface area contributed by atoms with Crippen molar-refractivity contribution in [2.45, 2.75) is 63.7 Å². The quantitative estimate of drug-likeness (QED) is 0.709. The zero-order valence-electron chi connectivity index (χ0n) is 12.2. The first-order valence-corrected chi connectivity index (χ1v) is 8.21. The fraction of sp³-hybridized carbons (Fsp3) is 0.611. The van der Waals surface area contributed by atoms with Crippen LogP contribution in [0.5, 0.6) is 0 Å². The molecule has 1 aromatic rings. The molecule has 1 nitrogen and oxygen atoms in total. The van der Waals surface area contributed by atoms with Gasteiger partial charge in [-0.25, -0.2) is 0 Å². The maximum Gasteiger partial charge on any atom is 0.101 e. The Kier molecular flexibility index (Phi) is 3.55. The number of nitriles is 1. The van der Waals surface area contributed by atoms with Gasteiger partial charge in [-0.2, -0.15) is 5.26 Å². The highest BCUT2D eigenvalue weighted by atomic mass is 35.5. The predicted molar refractivity (Wildman–Crippen MR) is 82.9 cm³/mol. The van der Waals surface area contributed by atoms with Gasteiger partial charge in [0.2, 0.25) is 0 Å². The summed E-state index contributed by atoms with van der Waals surface area (Å²) < 4.78 is 0. The highest BCUT2D eigenvalue weighted by molar-refractivity contribution is 6.31. The molecule has 4 rings (SSSR count). The molecule has 0 spiro atoms. The lowest BCUT2D eigenvalue weighted by Gasteiger charge is -2.54. The molecular weight excluding hydrogens is 266 g/mol. The monoisotopic (exact) mass is 287 g/mol. The summed E-state index contributed by atoms with van der Waals surface area (Å²) in [6.45, 7) is 2.31. The number of hydrogen-bond acceptors (Lipinski definition) is 1. The molecule has 3 saturated carbocycles. The third-order valence-corrected chi connectivity index (χ3v) is 6.20. The minimum Gasteiger partial charge on any atom is -0.192 e. The maximum atomic E-state index is 9.01. The minimum absolute atomic E-state index is 0.340. The Morgan fingerprint density at radius 2 is 1.80 bits per heavy atom. The van der Waals surface area contributed by atoms with Gasteiger partial charge in [-0.3, -0.25) is 0 Å². The van der Waals surface area contributed by atoms with Crippen LogP contribution in [0.4, 0.5) is 0 Å². The van der Waals surface area contributed by atoms with Crippen LogP contribution in [-0.4, -0.2) is 0 Å². The van der Waals surface area contributed by atoms with Crippen molar-refractivity contribution in [3.8, 4) is 6.07 Å². The Balaban J connectivity index is 1.86. The fourth-order valence-corrected chi connectivity index (χ4v) is 4.76. The molecule has 0 aliphatic heterocycles. The normalized spacial score (nSPS) is 32.0. The van der Waals surface area contributed by atoms with E-state index in [1.165, 1.54) is 56.9 Å². The summed E-state index contributed by atoms with van der Waals surface area (Å²) in [6.07, 6.45) is 10.7. The van der Waals surface area contributed by atoms with Gasteiger partial charge in [0, 0.05) is 0 Å². The molecule has 0 aromatic heterocycles. The zero-order chi connectivity index (χ0) is 14.2. The van der Waals surface area contributed by atoms with Gasteiger partial charge in [-0.15, -0.1) is 0 Å². The van der Waals surface area contributed by atoms with E-state index in [2.05, 4.69) is 25.1 Å². The van der Waals surface area contributed by atoms with Gasteiger partial charge < -0.3 is 0 Å². The summed E-state index contributed by atoms with van der Waals surface area (Å²) in [4.78, 5) is 0. The topological polar surface area (TPSA) is 23.8 Å². The molecule has 3 aliphatic rings. The maximum absolute atomic E-state index is 9.01. The summed E-state index contributed by atoms with van der Waals surface area (Å²) in [5, 5.41) is 9.63. The Labute approximate surface area is 126 Å². The molecule has 0 saturated heterocycles. The third-order valence-electron chi connectivity index (χ3n) is 5.88. The predicted octanol–water partition coefficient (Wildman–Crippen LogP) is 5.60. The molecule has 106 valence electrons. The second kappa shape index (κ2) is 5.08. The average molecular weight is 288 g/mol. The SMILES string of the molecule is CCCC12CCC(c3ccc(C#N)c(Cl)c3)(CC1)CC2. The first-order valence-electron chi connectivity index (χ1n) is 7.83. The van der Waals surface area contributed by atoms with Crippen LogP contribution in [0.25, 0.3) is 0 Å². The molecule has 0 amide bonds. The van der Waals surface area contributed by atoms with E-state index < -0.39 is 0 Å². The van der Waals surface area contributed by atoms with E-state index in [0.29, 0.717) is 21.4 Å². The van der Waals surface area contributed by atoms with Crippen molar-refractivity contribution in [1.82, 2.24) is 0 Å². The van der Waals surface area contributed by atoms with Crippen molar-refractivity contribution < 1.29 is 0 Å². The Bertz CT molecular complexity index is 530. The molecule has 1 aromatic carbocycles. The number of hydrogen-bond donors (Lipinski definition) is 0. The highest BCUT2D eigenvalue weighted by Crippen LogP contribution is 2.59. The zero-order valence-corrected chi connectivity index (χ0v) is 13.0. The lowest BCUT2D eigenvalue weighted by molar-refractivity contribution is 0.0320. The van der Waals surface area contributed by atoms with Crippen LogP contribution < -0.4 is 0 Å². The van der Waals surface area contributed by atoms with Crippen LogP contribution in [-0.2, 0) is 5.41 Å². The van der Waals surface area contributed by atoms with E-state index in [0.717, 1.165) is 0 Å². The van der Waals surface area contributed by atoms with E-state index in [-0.39, 0.29) is 0 Å². The summed E-state index contributed by atoms with van der Waals surface area (Å²) in [6, 6.07) is 8.25. The standard InChI is InChI=1S/C18H22ClN/c1-2-5-17-6-9-18(10-7-17,11-8-17)15-4-3-14(13-20)16(19)12-15/h3-4,12H,2,5-11H2,1H3. The summed E-state index contributed by atoms with van der Waals surface area (Å²) in [7, 11) is 0. The lowest BCUT2D eigenvalue weighted by Crippen LogP contribution is -2.44. The molecule has 3 fully saturated rings. The molecule has 0 heterocycles. The second-order valence-electron chi connectivity index (χ2n) is 6.84. The van der Waals surface area contributed by atoms with Crippen molar-refractivity contribution in [3.63, 3.8) is 0 Å². The van der Waals surface area contributed by atoms with Crippen molar-refractivity contribution in [2.75, 3.05) is 0 Å². The summed E-state index contributed by atoms with van der Waals surface area (Å²) >= 11 is 6.24. The van der Waals surface area contributed by atoms with Gasteiger partial charge in [-0.1, -0.05) is 31.0 Å². The number of fused-ring (bicyclic) bond motifs is 3. The Morgan fingerprint density at radius 3 is 2.30 bits per heavy atom. The first kappa shape index (κ1) is 14.0. The van der Waals surface area contributed by atoms with Gasteiger partial charge in [0.05, 0.1) is 10.6 Å². The number of benzene rings is 1. The molecule has 0 N–H and O–H groups in total. The minimum atomic E-state index is 0.340. The van der Waals surface area contributed by atoms with Gasteiger partial charge in [0.25, 0.3) is 0 Å². The molecule has 2 bridgehead atoms. The molecule has 0 unspecified atom stereocenters. The molecular formula is C18H22ClN. The smallest absolute Gasteiger partial charge is 0.101 e.